The van der Waals surface area contributed by atoms with Crippen LogP contribution in [0.5, 0.6) is 5.75 Å². The van der Waals surface area contributed by atoms with Gasteiger partial charge in [0.25, 0.3) is 0 Å². The van der Waals surface area contributed by atoms with Crippen molar-refractivity contribution >= 4 is 11.6 Å². The fourth-order valence-electron chi connectivity index (χ4n) is 3.68. The van der Waals surface area contributed by atoms with Crippen molar-refractivity contribution in [2.24, 2.45) is 0 Å². The Kier molecular flexibility index (Phi) is 6.95. The summed E-state index contributed by atoms with van der Waals surface area (Å²) in [5.74, 6) is -0.533. The summed E-state index contributed by atoms with van der Waals surface area (Å²) in [7, 11) is 0. The lowest BCUT2D eigenvalue weighted by molar-refractivity contribution is -0.274. The van der Waals surface area contributed by atoms with Gasteiger partial charge in [0, 0.05) is 50.8 Å². The summed E-state index contributed by atoms with van der Waals surface area (Å²) in [5.41, 5.74) is 2.66. The second-order valence-corrected chi connectivity index (χ2v) is 7.79. The Balaban J connectivity index is 1.19. The van der Waals surface area contributed by atoms with Crippen molar-refractivity contribution in [1.82, 2.24) is 19.6 Å². The van der Waals surface area contributed by atoms with E-state index < -0.39 is 6.36 Å². The monoisotopic (exact) mass is 459 g/mol. The van der Waals surface area contributed by atoms with E-state index >= 15 is 0 Å². The van der Waals surface area contributed by atoms with Crippen molar-refractivity contribution in [3.05, 3.63) is 72.6 Å². The van der Waals surface area contributed by atoms with Crippen LogP contribution in [0, 0.1) is 0 Å². The van der Waals surface area contributed by atoms with Crippen LogP contribution in [-0.4, -0.2) is 64.6 Å². The molecule has 1 aliphatic rings. The maximum atomic E-state index is 12.3. The number of anilines is 1. The standard InChI is InChI=1S/C23H24F3N5O2/c24-23(25,26)33-21-8-4-19(5-9-21)28-22(32)17-30-14-12-29(13-15-30)16-18-2-6-20(7-3-18)31-11-1-10-27-31/h1-11H,12-17H2,(H,28,32). The van der Waals surface area contributed by atoms with Crippen LogP contribution < -0.4 is 10.1 Å². The number of carbonyl (C=O) groups excluding carboxylic acids is 1. The Labute approximate surface area is 189 Å². The van der Waals surface area contributed by atoms with Crippen molar-refractivity contribution in [3.63, 3.8) is 0 Å². The number of aromatic nitrogens is 2. The van der Waals surface area contributed by atoms with Crippen LogP contribution in [0.25, 0.3) is 5.69 Å². The minimum atomic E-state index is -4.74. The van der Waals surface area contributed by atoms with Crippen LogP contribution in [0.3, 0.4) is 0 Å². The molecule has 1 aliphatic heterocycles. The van der Waals surface area contributed by atoms with E-state index in [1.807, 2.05) is 29.1 Å². The number of hydrogen-bond donors (Lipinski definition) is 1. The molecule has 1 fully saturated rings. The van der Waals surface area contributed by atoms with E-state index in [2.05, 4.69) is 37.1 Å². The molecule has 0 saturated carbocycles. The molecule has 4 rings (SSSR count). The predicted octanol–water partition coefficient (Wildman–Crippen LogP) is 3.53. The second-order valence-electron chi connectivity index (χ2n) is 7.79. The number of carbonyl (C=O) groups is 1. The molecule has 1 saturated heterocycles. The first-order valence-electron chi connectivity index (χ1n) is 10.5. The fraction of sp³-hybridized carbons (Fsp3) is 0.304. The fourth-order valence-corrected chi connectivity index (χ4v) is 3.68. The number of ether oxygens (including phenoxy) is 1. The highest BCUT2D eigenvalue weighted by Crippen LogP contribution is 2.24. The lowest BCUT2D eigenvalue weighted by Crippen LogP contribution is -2.48. The number of rotatable bonds is 7. The van der Waals surface area contributed by atoms with Gasteiger partial charge in [-0.3, -0.25) is 14.6 Å². The van der Waals surface area contributed by atoms with Crippen molar-refractivity contribution < 1.29 is 22.7 Å². The molecule has 7 nitrogen and oxygen atoms in total. The number of piperazine rings is 1. The maximum absolute atomic E-state index is 12.3. The van der Waals surface area contributed by atoms with Crippen LogP contribution in [0.15, 0.2) is 67.0 Å². The molecule has 0 bridgehead atoms. The zero-order valence-electron chi connectivity index (χ0n) is 17.8. The quantitative estimate of drug-likeness (QED) is 0.586. The molecule has 3 aromatic rings. The summed E-state index contributed by atoms with van der Waals surface area (Å²) in [6.45, 7) is 4.28. The molecular weight excluding hydrogens is 435 g/mol. The van der Waals surface area contributed by atoms with Crippen LogP contribution in [0.2, 0.25) is 0 Å². The molecule has 33 heavy (non-hydrogen) atoms. The molecule has 2 heterocycles. The molecule has 1 amide bonds. The third kappa shape index (κ3) is 6.80. The predicted molar refractivity (Wildman–Crippen MR) is 117 cm³/mol. The molecule has 0 spiro atoms. The van der Waals surface area contributed by atoms with Crippen LogP contribution in [0.4, 0.5) is 18.9 Å². The number of nitrogens with zero attached hydrogens (tertiary/aromatic N) is 4. The Morgan fingerprint density at radius 2 is 1.64 bits per heavy atom. The first-order valence-corrected chi connectivity index (χ1v) is 10.5. The third-order valence-corrected chi connectivity index (χ3v) is 5.32. The van der Waals surface area contributed by atoms with E-state index in [-0.39, 0.29) is 18.2 Å². The molecular formula is C23H24F3N5O2. The average molecular weight is 459 g/mol. The summed E-state index contributed by atoms with van der Waals surface area (Å²) in [4.78, 5) is 16.7. The van der Waals surface area contributed by atoms with Gasteiger partial charge in [-0.1, -0.05) is 12.1 Å². The molecule has 1 aromatic heterocycles. The smallest absolute Gasteiger partial charge is 0.406 e. The largest absolute Gasteiger partial charge is 0.573 e. The van der Waals surface area contributed by atoms with Crippen molar-refractivity contribution in [2.75, 3.05) is 38.0 Å². The summed E-state index contributed by atoms with van der Waals surface area (Å²) >= 11 is 0. The number of halogens is 3. The lowest BCUT2D eigenvalue weighted by atomic mass is 10.2. The van der Waals surface area contributed by atoms with Gasteiger partial charge in [0.15, 0.2) is 0 Å². The van der Waals surface area contributed by atoms with E-state index in [1.54, 1.807) is 6.20 Å². The minimum absolute atomic E-state index is 0.206. The van der Waals surface area contributed by atoms with E-state index in [4.69, 9.17) is 0 Å². The molecule has 0 atom stereocenters. The summed E-state index contributed by atoms with van der Waals surface area (Å²) < 4.78 is 42.3. The number of nitrogens with one attached hydrogen (secondary N) is 1. The second kappa shape index (κ2) is 10.1. The first kappa shape index (κ1) is 22.8. The lowest BCUT2D eigenvalue weighted by Gasteiger charge is -2.34. The van der Waals surface area contributed by atoms with E-state index in [1.165, 1.54) is 29.8 Å². The average Bonchev–Trinajstić information content (AvgIpc) is 3.31. The molecule has 174 valence electrons. The normalized spacial score (nSPS) is 15.4. The Hall–Kier alpha value is -3.37. The van der Waals surface area contributed by atoms with Crippen molar-refractivity contribution in [3.8, 4) is 11.4 Å². The van der Waals surface area contributed by atoms with Crippen LogP contribution in [0.1, 0.15) is 5.56 Å². The van der Waals surface area contributed by atoms with E-state index in [0.29, 0.717) is 5.69 Å². The van der Waals surface area contributed by atoms with E-state index in [9.17, 15) is 18.0 Å². The van der Waals surface area contributed by atoms with Gasteiger partial charge in [-0.25, -0.2) is 4.68 Å². The number of alkyl halides is 3. The number of hydrogen-bond acceptors (Lipinski definition) is 5. The zero-order chi connectivity index (χ0) is 23.3. The molecule has 1 N–H and O–H groups in total. The molecule has 10 heteroatoms. The van der Waals surface area contributed by atoms with Gasteiger partial charge in [0.2, 0.25) is 5.91 Å². The van der Waals surface area contributed by atoms with Crippen LogP contribution >= 0.6 is 0 Å². The van der Waals surface area contributed by atoms with Gasteiger partial charge >= 0.3 is 6.36 Å². The topological polar surface area (TPSA) is 62.6 Å². The van der Waals surface area contributed by atoms with Gasteiger partial charge in [-0.05, 0) is 48.0 Å². The van der Waals surface area contributed by atoms with Crippen LogP contribution in [-0.2, 0) is 11.3 Å². The highest BCUT2D eigenvalue weighted by molar-refractivity contribution is 5.92. The van der Waals surface area contributed by atoms with E-state index in [0.717, 1.165) is 38.4 Å². The summed E-state index contributed by atoms with van der Waals surface area (Å²) in [5, 5.41) is 6.94. The molecule has 0 aliphatic carbocycles. The summed E-state index contributed by atoms with van der Waals surface area (Å²) in [6, 6.07) is 15.3. The van der Waals surface area contributed by atoms with Gasteiger partial charge in [0.1, 0.15) is 5.75 Å². The Morgan fingerprint density at radius 1 is 0.970 bits per heavy atom. The third-order valence-electron chi connectivity index (χ3n) is 5.32. The first-order chi connectivity index (χ1) is 15.8. The van der Waals surface area contributed by atoms with Gasteiger partial charge < -0.3 is 10.1 Å². The molecule has 0 radical (unpaired) electrons. The summed E-state index contributed by atoms with van der Waals surface area (Å²) in [6.07, 6.45) is -1.09. The van der Waals surface area contributed by atoms with Crippen molar-refractivity contribution in [1.29, 1.82) is 0 Å². The Bertz CT molecular complexity index is 1030. The highest BCUT2D eigenvalue weighted by Gasteiger charge is 2.31. The number of benzene rings is 2. The SMILES string of the molecule is O=C(CN1CCN(Cc2ccc(-n3cccn3)cc2)CC1)Nc1ccc(OC(F)(F)F)cc1. The molecule has 0 unspecified atom stereocenters. The Morgan fingerprint density at radius 3 is 2.24 bits per heavy atom. The van der Waals surface area contributed by atoms with Gasteiger partial charge in [-0.2, -0.15) is 5.10 Å². The van der Waals surface area contributed by atoms with Gasteiger partial charge in [0.05, 0.1) is 12.2 Å². The number of amides is 1. The van der Waals surface area contributed by atoms with Crippen molar-refractivity contribution in [2.45, 2.75) is 12.9 Å². The zero-order valence-corrected chi connectivity index (χ0v) is 17.8. The highest BCUT2D eigenvalue weighted by atomic mass is 19.4. The minimum Gasteiger partial charge on any atom is -0.406 e. The van der Waals surface area contributed by atoms with Gasteiger partial charge in [-0.15, -0.1) is 13.2 Å². The molecule has 2 aromatic carbocycles. The maximum Gasteiger partial charge on any atom is 0.573 e.